The van der Waals surface area contributed by atoms with E-state index in [1.165, 1.54) is 41.8 Å². The summed E-state index contributed by atoms with van der Waals surface area (Å²) in [6, 6.07) is 5.57. The number of furan rings is 1. The van der Waals surface area contributed by atoms with E-state index in [1.807, 2.05) is 0 Å². The third kappa shape index (κ3) is 4.31. The van der Waals surface area contributed by atoms with Gasteiger partial charge in [0.05, 0.1) is 18.1 Å². The van der Waals surface area contributed by atoms with E-state index in [0.717, 1.165) is 16.5 Å². The number of hydrogen-bond acceptors (Lipinski definition) is 4. The Balaban J connectivity index is 1.45. The van der Waals surface area contributed by atoms with Crippen molar-refractivity contribution >= 4 is 28.8 Å². The molecule has 0 radical (unpaired) electrons. The second-order valence-electron chi connectivity index (χ2n) is 8.00. The molecule has 6 nitrogen and oxygen atoms in total. The van der Waals surface area contributed by atoms with Gasteiger partial charge in [-0.2, -0.15) is 13.2 Å². The maximum atomic E-state index is 13.8. The number of nitrogens with zero attached hydrogens (tertiary/aromatic N) is 4. The Bertz CT molecular complexity index is 1390. The van der Waals surface area contributed by atoms with Crippen molar-refractivity contribution in [3.05, 3.63) is 77.1 Å². The van der Waals surface area contributed by atoms with Crippen molar-refractivity contribution in [1.29, 1.82) is 0 Å². The number of halogens is 6. The van der Waals surface area contributed by atoms with Crippen LogP contribution in [0.4, 0.5) is 27.6 Å². The average Bonchev–Trinajstić information content (AvgIpc) is 3.45. The molecule has 182 valence electrons. The highest BCUT2D eigenvalue weighted by Crippen LogP contribution is 2.37. The fraction of sp³-hybridized carbons (Fsp3) is 0.217. The Kier molecular flexibility index (Phi) is 5.66. The molecule has 1 amide bonds. The Morgan fingerprint density at radius 3 is 2.29 bits per heavy atom. The van der Waals surface area contributed by atoms with Crippen molar-refractivity contribution in [3.63, 3.8) is 0 Å². The van der Waals surface area contributed by atoms with Crippen LogP contribution in [-0.4, -0.2) is 46.4 Å². The monoisotopic (exact) mass is 510 g/mol. The Morgan fingerprint density at radius 2 is 1.69 bits per heavy atom. The van der Waals surface area contributed by atoms with Gasteiger partial charge in [-0.25, -0.2) is 13.8 Å². The summed E-state index contributed by atoms with van der Waals surface area (Å²) in [6.07, 6.45) is -0.767. The lowest BCUT2D eigenvalue weighted by Crippen LogP contribution is -2.49. The largest absolute Gasteiger partial charge is 0.472 e. The van der Waals surface area contributed by atoms with E-state index < -0.39 is 34.9 Å². The van der Waals surface area contributed by atoms with Crippen LogP contribution >= 0.6 is 11.6 Å². The molecule has 1 fully saturated rings. The smallest absolute Gasteiger partial charge is 0.420 e. The van der Waals surface area contributed by atoms with E-state index in [4.69, 9.17) is 16.0 Å². The highest BCUT2D eigenvalue weighted by Gasteiger charge is 2.37. The number of amides is 1. The number of fused-ring (bicyclic) bond motifs is 1. The van der Waals surface area contributed by atoms with Crippen LogP contribution in [0, 0.1) is 11.6 Å². The van der Waals surface area contributed by atoms with Crippen LogP contribution in [0.1, 0.15) is 16.1 Å². The Labute approximate surface area is 200 Å². The lowest BCUT2D eigenvalue weighted by Gasteiger charge is -2.35. The molecule has 0 unspecified atom stereocenters. The first-order valence-electron chi connectivity index (χ1n) is 10.4. The maximum absolute atomic E-state index is 13.8. The standard InChI is InChI=1S/C23H16ClF5N4O2/c24-20-19(22(34)32-4-2-31(3-5-32)17-9-15(25)8-16(26)10-17)30-21-18(23(27,28)29)7-14(11-33(20)21)13-1-6-35-12-13/h1,6-12H,2-5H2. The maximum Gasteiger partial charge on any atom is 0.420 e. The Morgan fingerprint density at radius 1 is 1.00 bits per heavy atom. The first-order valence-corrected chi connectivity index (χ1v) is 10.8. The quantitative estimate of drug-likeness (QED) is 0.341. The van der Waals surface area contributed by atoms with Gasteiger partial charge in [-0.05, 0) is 24.3 Å². The number of carbonyl (C=O) groups excluding carboxylic acids is 1. The van der Waals surface area contributed by atoms with Crippen molar-refractivity contribution in [3.8, 4) is 11.1 Å². The van der Waals surface area contributed by atoms with Gasteiger partial charge in [0.2, 0.25) is 0 Å². The zero-order valence-electron chi connectivity index (χ0n) is 17.8. The molecule has 0 bridgehead atoms. The van der Waals surface area contributed by atoms with Gasteiger partial charge in [0.25, 0.3) is 5.91 Å². The number of piperazine rings is 1. The van der Waals surface area contributed by atoms with Crippen LogP contribution in [-0.2, 0) is 6.18 Å². The van der Waals surface area contributed by atoms with Crippen LogP contribution in [0.5, 0.6) is 0 Å². The van der Waals surface area contributed by atoms with Crippen molar-refractivity contribution in [2.45, 2.75) is 6.18 Å². The second kappa shape index (κ2) is 8.56. The summed E-state index contributed by atoms with van der Waals surface area (Å²) in [5, 5.41) is -0.254. The van der Waals surface area contributed by atoms with E-state index in [9.17, 15) is 26.7 Å². The van der Waals surface area contributed by atoms with Crippen LogP contribution in [0.15, 0.2) is 53.5 Å². The van der Waals surface area contributed by atoms with Gasteiger partial charge in [0, 0.05) is 55.3 Å². The van der Waals surface area contributed by atoms with Gasteiger partial charge in [0.15, 0.2) is 11.3 Å². The summed E-state index contributed by atoms with van der Waals surface area (Å²) in [7, 11) is 0. The highest BCUT2D eigenvalue weighted by molar-refractivity contribution is 6.33. The van der Waals surface area contributed by atoms with Crippen LogP contribution < -0.4 is 4.90 Å². The lowest BCUT2D eigenvalue weighted by molar-refractivity contribution is -0.136. The number of benzene rings is 1. The number of alkyl halides is 3. The minimum absolute atomic E-state index is 0.160. The average molecular weight is 511 g/mol. The zero-order chi connectivity index (χ0) is 24.9. The van der Waals surface area contributed by atoms with Gasteiger partial charge in [-0.3, -0.25) is 9.20 Å². The molecule has 3 aromatic heterocycles. The minimum atomic E-state index is -4.75. The van der Waals surface area contributed by atoms with Gasteiger partial charge in [0.1, 0.15) is 16.8 Å². The predicted molar refractivity (Wildman–Crippen MR) is 117 cm³/mol. The highest BCUT2D eigenvalue weighted by atomic mass is 35.5. The van der Waals surface area contributed by atoms with Crippen molar-refractivity contribution in [1.82, 2.24) is 14.3 Å². The molecule has 0 atom stereocenters. The van der Waals surface area contributed by atoms with E-state index in [2.05, 4.69) is 4.98 Å². The predicted octanol–water partition coefficient (Wildman–Crippen LogP) is 5.51. The molecule has 35 heavy (non-hydrogen) atoms. The zero-order valence-corrected chi connectivity index (χ0v) is 18.6. The third-order valence-electron chi connectivity index (χ3n) is 5.80. The molecule has 12 heteroatoms. The van der Waals surface area contributed by atoms with E-state index >= 15 is 0 Å². The van der Waals surface area contributed by atoms with Crippen molar-refractivity contribution < 1.29 is 31.2 Å². The van der Waals surface area contributed by atoms with Gasteiger partial charge in [-0.15, -0.1) is 0 Å². The molecule has 0 aliphatic carbocycles. The molecule has 0 N–H and O–H groups in total. The molecule has 4 aromatic rings. The summed E-state index contributed by atoms with van der Waals surface area (Å²) in [6.45, 7) is 0.844. The summed E-state index contributed by atoms with van der Waals surface area (Å²) in [5.74, 6) is -2.07. The van der Waals surface area contributed by atoms with Gasteiger partial charge >= 0.3 is 6.18 Å². The molecular weight excluding hydrogens is 495 g/mol. The van der Waals surface area contributed by atoms with Crippen LogP contribution in [0.2, 0.25) is 5.15 Å². The van der Waals surface area contributed by atoms with E-state index in [-0.39, 0.29) is 42.6 Å². The van der Waals surface area contributed by atoms with Crippen molar-refractivity contribution in [2.24, 2.45) is 0 Å². The van der Waals surface area contributed by atoms with Gasteiger partial charge in [-0.1, -0.05) is 11.6 Å². The first-order chi connectivity index (χ1) is 16.6. The molecule has 1 saturated heterocycles. The summed E-state index contributed by atoms with van der Waals surface area (Å²) in [4.78, 5) is 20.2. The molecule has 0 saturated carbocycles. The first kappa shape index (κ1) is 23.2. The summed E-state index contributed by atoms with van der Waals surface area (Å²) in [5.41, 5.74) is -0.927. The Hall–Kier alpha value is -3.60. The van der Waals surface area contributed by atoms with E-state index in [0.29, 0.717) is 11.3 Å². The summed E-state index contributed by atoms with van der Waals surface area (Å²) >= 11 is 6.35. The lowest BCUT2D eigenvalue weighted by atomic mass is 10.1. The molecule has 1 aromatic carbocycles. The van der Waals surface area contributed by atoms with Crippen molar-refractivity contribution in [2.75, 3.05) is 31.1 Å². The molecule has 4 heterocycles. The second-order valence-corrected chi connectivity index (χ2v) is 8.36. The fourth-order valence-corrected chi connectivity index (χ4v) is 4.34. The number of rotatable bonds is 3. The number of anilines is 1. The molecular formula is C23H16ClF5N4O2. The number of pyridine rings is 1. The SMILES string of the molecule is O=C(c1nc2c(C(F)(F)F)cc(-c3ccoc3)cn2c1Cl)N1CCN(c2cc(F)cc(F)c2)CC1. The number of imidazole rings is 1. The minimum Gasteiger partial charge on any atom is -0.472 e. The number of hydrogen-bond donors (Lipinski definition) is 0. The van der Waals surface area contributed by atoms with Crippen LogP contribution in [0.25, 0.3) is 16.8 Å². The van der Waals surface area contributed by atoms with Gasteiger partial charge < -0.3 is 14.2 Å². The molecule has 1 aliphatic rings. The molecule has 5 rings (SSSR count). The fourth-order valence-electron chi connectivity index (χ4n) is 4.09. The molecule has 0 spiro atoms. The van der Waals surface area contributed by atoms with E-state index in [1.54, 1.807) is 4.90 Å². The number of carbonyl (C=O) groups is 1. The topological polar surface area (TPSA) is 54.0 Å². The molecule has 1 aliphatic heterocycles. The summed E-state index contributed by atoms with van der Waals surface area (Å²) < 4.78 is 74.6. The normalized spacial score (nSPS) is 14.7. The third-order valence-corrected chi connectivity index (χ3v) is 6.16. The van der Waals surface area contributed by atoms with Crippen LogP contribution in [0.3, 0.4) is 0 Å². The number of aromatic nitrogens is 2.